The number of likely N-dealkylation sites (tertiary alicyclic amines) is 1. The van der Waals surface area contributed by atoms with E-state index >= 15 is 0 Å². The van der Waals surface area contributed by atoms with Crippen molar-refractivity contribution in [2.24, 2.45) is 5.41 Å². The van der Waals surface area contributed by atoms with Crippen LogP contribution in [0.3, 0.4) is 0 Å². The fourth-order valence-electron chi connectivity index (χ4n) is 5.03. The average molecular weight is 357 g/mol. The van der Waals surface area contributed by atoms with E-state index in [-0.39, 0.29) is 6.09 Å². The lowest BCUT2D eigenvalue weighted by Gasteiger charge is -2.48. The molecule has 0 unspecified atom stereocenters. The van der Waals surface area contributed by atoms with Crippen LogP contribution in [0.1, 0.15) is 49.9 Å². The van der Waals surface area contributed by atoms with Crippen LogP contribution in [0.5, 0.6) is 0 Å². The van der Waals surface area contributed by atoms with E-state index in [0.717, 1.165) is 45.6 Å². The molecule has 4 rings (SSSR count). The topological polar surface area (TPSA) is 74.4 Å². The normalized spacial score (nSPS) is 23.5. The fourth-order valence-corrected chi connectivity index (χ4v) is 5.03. The molecule has 2 aliphatic heterocycles. The molecule has 0 radical (unpaired) electrons. The van der Waals surface area contributed by atoms with Crippen LogP contribution in [-0.2, 0) is 17.8 Å². The second-order valence-corrected chi connectivity index (χ2v) is 8.01. The molecule has 1 saturated heterocycles. The molecule has 0 bridgehead atoms. The highest BCUT2D eigenvalue weighted by molar-refractivity contribution is 5.67. The van der Waals surface area contributed by atoms with Gasteiger partial charge in [-0.25, -0.2) is 4.79 Å². The van der Waals surface area contributed by atoms with Crippen LogP contribution < -0.4 is 0 Å². The van der Waals surface area contributed by atoms with Crippen molar-refractivity contribution in [1.82, 2.24) is 19.6 Å². The lowest BCUT2D eigenvalue weighted by atomic mass is 9.66. The number of nitriles is 1. The monoisotopic (exact) mass is 357 g/mol. The first kappa shape index (κ1) is 17.3. The number of aromatic nitrogens is 2. The highest BCUT2D eigenvalue weighted by atomic mass is 16.5. The third-order valence-corrected chi connectivity index (χ3v) is 6.73. The van der Waals surface area contributed by atoms with Gasteiger partial charge >= 0.3 is 6.09 Å². The Kier molecular flexibility index (Phi) is 4.62. The number of hydrogen-bond acceptors (Lipinski definition) is 5. The number of carbonyl (C=O) groups is 1. The molecule has 0 atom stereocenters. The molecular weight excluding hydrogens is 330 g/mol. The van der Waals surface area contributed by atoms with E-state index in [0.29, 0.717) is 17.2 Å². The van der Waals surface area contributed by atoms with Crippen molar-refractivity contribution < 1.29 is 9.53 Å². The third-order valence-electron chi connectivity index (χ3n) is 6.73. The maximum atomic E-state index is 11.7. The van der Waals surface area contributed by atoms with E-state index in [1.54, 1.807) is 0 Å². The van der Waals surface area contributed by atoms with Crippen LogP contribution >= 0.6 is 0 Å². The largest absolute Gasteiger partial charge is 0.453 e. The van der Waals surface area contributed by atoms with Gasteiger partial charge < -0.3 is 9.64 Å². The maximum Gasteiger partial charge on any atom is 0.409 e. The molecule has 7 nitrogen and oxygen atoms in total. The number of ether oxygens (including phenoxy) is 1. The highest BCUT2D eigenvalue weighted by Gasteiger charge is 2.40. The van der Waals surface area contributed by atoms with Gasteiger partial charge in [0.15, 0.2) is 5.69 Å². The number of carbonyl (C=O) groups excluding carboxylic acids is 1. The first-order valence-corrected chi connectivity index (χ1v) is 9.66. The van der Waals surface area contributed by atoms with Gasteiger partial charge in [-0.3, -0.25) is 9.58 Å². The summed E-state index contributed by atoms with van der Waals surface area (Å²) in [6.45, 7) is 4.47. The van der Waals surface area contributed by atoms with Crippen LogP contribution in [0, 0.1) is 16.7 Å². The SMILES string of the molecule is COC(=O)N1CCC2(CCC(N3CCn4nc(C#N)cc4C3)CC2)CC1. The molecular formula is C19H27N5O2. The van der Waals surface area contributed by atoms with Crippen molar-refractivity contribution in [2.75, 3.05) is 26.7 Å². The van der Waals surface area contributed by atoms with Crippen molar-refractivity contribution in [2.45, 2.75) is 57.7 Å². The Morgan fingerprint density at radius 3 is 2.62 bits per heavy atom. The van der Waals surface area contributed by atoms with Gasteiger partial charge in [0.2, 0.25) is 0 Å². The molecule has 3 heterocycles. The van der Waals surface area contributed by atoms with Crippen LogP contribution in [0.2, 0.25) is 0 Å². The summed E-state index contributed by atoms with van der Waals surface area (Å²) in [5.74, 6) is 0. The molecule has 2 fully saturated rings. The van der Waals surface area contributed by atoms with Gasteiger partial charge in [-0.15, -0.1) is 0 Å². The Bertz CT molecular complexity index is 704. The molecule has 1 aliphatic carbocycles. The molecule has 1 saturated carbocycles. The predicted octanol–water partition coefficient (Wildman–Crippen LogP) is 2.36. The standard InChI is InChI=1S/C19H27N5O2/c1-26-18(25)22-8-6-19(7-9-22)4-2-16(3-5-19)23-10-11-24-17(14-23)12-15(13-20)21-24/h12,16H,2-11,14H2,1H3. The summed E-state index contributed by atoms with van der Waals surface area (Å²) < 4.78 is 6.84. The lowest BCUT2D eigenvalue weighted by molar-refractivity contribution is 0.0236. The number of amides is 1. The number of piperidine rings is 1. The summed E-state index contributed by atoms with van der Waals surface area (Å²) in [5.41, 5.74) is 2.12. The smallest absolute Gasteiger partial charge is 0.409 e. The van der Waals surface area contributed by atoms with Crippen molar-refractivity contribution in [3.05, 3.63) is 17.5 Å². The highest BCUT2D eigenvalue weighted by Crippen LogP contribution is 2.46. The molecule has 26 heavy (non-hydrogen) atoms. The first-order valence-electron chi connectivity index (χ1n) is 9.66. The lowest BCUT2D eigenvalue weighted by Crippen LogP contribution is -2.48. The Labute approximate surface area is 154 Å². The summed E-state index contributed by atoms with van der Waals surface area (Å²) >= 11 is 0. The molecule has 0 N–H and O–H groups in total. The fraction of sp³-hybridized carbons (Fsp3) is 0.737. The Morgan fingerprint density at radius 2 is 1.96 bits per heavy atom. The first-order chi connectivity index (χ1) is 12.6. The number of nitrogens with zero attached hydrogens (tertiary/aromatic N) is 5. The van der Waals surface area contributed by atoms with E-state index < -0.39 is 0 Å². The van der Waals surface area contributed by atoms with Gasteiger partial charge in [-0.2, -0.15) is 10.4 Å². The van der Waals surface area contributed by atoms with Gasteiger partial charge in [0.1, 0.15) is 6.07 Å². The van der Waals surface area contributed by atoms with E-state index in [1.807, 2.05) is 15.6 Å². The summed E-state index contributed by atoms with van der Waals surface area (Å²) in [6, 6.07) is 4.71. The Hall–Kier alpha value is -2.07. The molecule has 7 heteroatoms. The number of fused-ring (bicyclic) bond motifs is 1. The Balaban J connectivity index is 1.32. The zero-order valence-electron chi connectivity index (χ0n) is 15.5. The quantitative estimate of drug-likeness (QED) is 0.771. The number of methoxy groups -OCH3 is 1. The predicted molar refractivity (Wildman–Crippen MR) is 95.3 cm³/mol. The van der Waals surface area contributed by atoms with Crippen LogP contribution in [-0.4, -0.2) is 58.5 Å². The van der Waals surface area contributed by atoms with E-state index in [1.165, 1.54) is 38.5 Å². The van der Waals surface area contributed by atoms with Gasteiger partial charge in [0.05, 0.1) is 19.3 Å². The minimum Gasteiger partial charge on any atom is -0.453 e. The molecule has 3 aliphatic rings. The van der Waals surface area contributed by atoms with Crippen molar-refractivity contribution in [3.63, 3.8) is 0 Å². The second-order valence-electron chi connectivity index (χ2n) is 8.01. The summed E-state index contributed by atoms with van der Waals surface area (Å²) in [5, 5.41) is 13.4. The maximum absolute atomic E-state index is 11.7. The van der Waals surface area contributed by atoms with Crippen LogP contribution in [0.15, 0.2) is 6.07 Å². The van der Waals surface area contributed by atoms with E-state index in [2.05, 4.69) is 16.1 Å². The van der Waals surface area contributed by atoms with Crippen molar-refractivity contribution in [3.8, 4) is 6.07 Å². The van der Waals surface area contributed by atoms with E-state index in [9.17, 15) is 4.79 Å². The molecule has 1 spiro atoms. The van der Waals surface area contributed by atoms with E-state index in [4.69, 9.17) is 10.00 Å². The minimum absolute atomic E-state index is 0.185. The summed E-state index contributed by atoms with van der Waals surface area (Å²) in [4.78, 5) is 16.1. The van der Waals surface area contributed by atoms with Gasteiger partial charge in [-0.05, 0) is 50.0 Å². The van der Waals surface area contributed by atoms with Crippen LogP contribution in [0.25, 0.3) is 0 Å². The molecule has 1 aromatic rings. The van der Waals surface area contributed by atoms with Crippen molar-refractivity contribution in [1.29, 1.82) is 5.26 Å². The summed E-state index contributed by atoms with van der Waals surface area (Å²) in [7, 11) is 1.46. The second kappa shape index (κ2) is 6.92. The molecule has 1 amide bonds. The average Bonchev–Trinajstić information content (AvgIpc) is 3.11. The third kappa shape index (κ3) is 3.18. The minimum atomic E-state index is -0.185. The number of hydrogen-bond donors (Lipinski definition) is 0. The van der Waals surface area contributed by atoms with Crippen LogP contribution in [0.4, 0.5) is 4.79 Å². The van der Waals surface area contributed by atoms with Gasteiger partial charge in [0.25, 0.3) is 0 Å². The number of rotatable bonds is 1. The van der Waals surface area contributed by atoms with Gasteiger partial charge in [0, 0.05) is 32.2 Å². The summed E-state index contributed by atoms with van der Waals surface area (Å²) in [6.07, 6.45) is 7.00. The van der Waals surface area contributed by atoms with Crippen molar-refractivity contribution >= 4 is 6.09 Å². The molecule has 140 valence electrons. The van der Waals surface area contributed by atoms with Gasteiger partial charge in [-0.1, -0.05) is 0 Å². The zero-order valence-corrected chi connectivity index (χ0v) is 15.5. The molecule has 1 aromatic heterocycles. The Morgan fingerprint density at radius 1 is 1.23 bits per heavy atom. The molecule has 0 aromatic carbocycles. The zero-order chi connectivity index (χ0) is 18.1.